The van der Waals surface area contributed by atoms with E-state index >= 15 is 0 Å². The number of rotatable bonds is 0. The lowest BCUT2D eigenvalue weighted by atomic mass is 10.1. The molecule has 90 valence electrons. The number of hydrogen-bond donors (Lipinski definition) is 1. The number of carbonyl (C=O) groups excluding carboxylic acids is 1. The lowest BCUT2D eigenvalue weighted by molar-refractivity contribution is -0.116. The molecular formula is C13H16N2O2. The third-order valence-corrected chi connectivity index (χ3v) is 3.39. The van der Waals surface area contributed by atoms with Crippen molar-refractivity contribution in [3.63, 3.8) is 0 Å². The zero-order chi connectivity index (χ0) is 11.8. The highest BCUT2D eigenvalue weighted by Crippen LogP contribution is 2.33. The molecule has 0 spiro atoms. The average Bonchev–Trinajstić information content (AvgIpc) is 2.45. The minimum atomic E-state index is 0.0769. The van der Waals surface area contributed by atoms with Crippen LogP contribution in [0.4, 0.5) is 11.4 Å². The Morgan fingerprint density at radius 3 is 3.24 bits per heavy atom. The standard InChI is InChI=1S/C13H16N2O2/c1-9-2-3-11-12(6-9)15-4-5-17-8-10(15)7-13(16)14-11/h2-3,6,10H,4-5,7-8H2,1H3,(H,14,16). The number of benzene rings is 1. The molecule has 1 fully saturated rings. The Balaban J connectivity index is 2.07. The van der Waals surface area contributed by atoms with Crippen LogP contribution in [-0.2, 0) is 9.53 Å². The molecule has 0 saturated carbocycles. The molecule has 1 aromatic rings. The second-order valence-electron chi connectivity index (χ2n) is 4.70. The van der Waals surface area contributed by atoms with Gasteiger partial charge in [-0.1, -0.05) is 6.07 Å². The second kappa shape index (κ2) is 4.04. The van der Waals surface area contributed by atoms with Crippen molar-refractivity contribution in [2.75, 3.05) is 30.0 Å². The van der Waals surface area contributed by atoms with E-state index in [1.54, 1.807) is 0 Å². The van der Waals surface area contributed by atoms with E-state index in [9.17, 15) is 4.79 Å². The number of anilines is 2. The van der Waals surface area contributed by atoms with Crippen molar-refractivity contribution in [1.29, 1.82) is 0 Å². The predicted molar refractivity (Wildman–Crippen MR) is 66.4 cm³/mol. The summed E-state index contributed by atoms with van der Waals surface area (Å²) < 4.78 is 5.47. The Labute approximate surface area is 101 Å². The smallest absolute Gasteiger partial charge is 0.226 e. The summed E-state index contributed by atoms with van der Waals surface area (Å²) in [5.41, 5.74) is 3.26. The Hall–Kier alpha value is -1.55. The molecule has 17 heavy (non-hydrogen) atoms. The highest BCUT2D eigenvalue weighted by Gasteiger charge is 2.30. The molecule has 4 heteroatoms. The van der Waals surface area contributed by atoms with E-state index in [1.165, 1.54) is 5.56 Å². The van der Waals surface area contributed by atoms with Crippen molar-refractivity contribution in [3.05, 3.63) is 23.8 Å². The molecule has 0 aliphatic carbocycles. The van der Waals surface area contributed by atoms with Gasteiger partial charge in [-0.3, -0.25) is 4.79 Å². The molecule has 2 aliphatic rings. The number of fused-ring (bicyclic) bond motifs is 3. The van der Waals surface area contributed by atoms with E-state index < -0.39 is 0 Å². The molecule has 1 aromatic carbocycles. The van der Waals surface area contributed by atoms with Gasteiger partial charge < -0.3 is 15.0 Å². The molecule has 2 heterocycles. The van der Waals surface area contributed by atoms with Crippen LogP contribution in [0.5, 0.6) is 0 Å². The molecule has 4 nitrogen and oxygen atoms in total. The van der Waals surface area contributed by atoms with E-state index in [0.717, 1.165) is 24.5 Å². The van der Waals surface area contributed by atoms with Gasteiger partial charge in [0.25, 0.3) is 0 Å². The minimum Gasteiger partial charge on any atom is -0.377 e. The van der Waals surface area contributed by atoms with E-state index in [1.807, 2.05) is 12.1 Å². The van der Waals surface area contributed by atoms with Crippen molar-refractivity contribution in [3.8, 4) is 0 Å². The number of amides is 1. The molecule has 3 rings (SSSR count). The fourth-order valence-electron chi connectivity index (χ4n) is 2.54. The summed E-state index contributed by atoms with van der Waals surface area (Å²) in [4.78, 5) is 14.1. The van der Waals surface area contributed by atoms with Gasteiger partial charge in [0.15, 0.2) is 0 Å². The van der Waals surface area contributed by atoms with Gasteiger partial charge in [-0.05, 0) is 24.6 Å². The van der Waals surface area contributed by atoms with Crippen LogP contribution in [-0.4, -0.2) is 31.7 Å². The third-order valence-electron chi connectivity index (χ3n) is 3.39. The van der Waals surface area contributed by atoms with Gasteiger partial charge in [-0.25, -0.2) is 0 Å². The van der Waals surface area contributed by atoms with Crippen molar-refractivity contribution in [2.45, 2.75) is 19.4 Å². The molecule has 1 atom stereocenters. The van der Waals surface area contributed by atoms with Crippen molar-refractivity contribution in [1.82, 2.24) is 0 Å². The monoisotopic (exact) mass is 232 g/mol. The van der Waals surface area contributed by atoms with E-state index in [-0.39, 0.29) is 11.9 Å². The summed E-state index contributed by atoms with van der Waals surface area (Å²) in [5.74, 6) is 0.0769. The summed E-state index contributed by atoms with van der Waals surface area (Å²) in [6, 6.07) is 6.33. The molecule has 1 unspecified atom stereocenters. The van der Waals surface area contributed by atoms with Crippen LogP contribution in [0.25, 0.3) is 0 Å². The van der Waals surface area contributed by atoms with Gasteiger partial charge in [0.05, 0.1) is 30.6 Å². The Bertz CT molecular complexity index is 459. The number of ether oxygens (including phenoxy) is 1. The SMILES string of the molecule is Cc1ccc2c(c1)N1CCOCC1CC(=O)N2. The fourth-order valence-corrected chi connectivity index (χ4v) is 2.54. The van der Waals surface area contributed by atoms with Crippen LogP contribution in [0.3, 0.4) is 0 Å². The van der Waals surface area contributed by atoms with Crippen LogP contribution in [0, 0.1) is 6.92 Å². The lowest BCUT2D eigenvalue weighted by Gasteiger charge is -2.36. The Morgan fingerprint density at radius 2 is 2.35 bits per heavy atom. The van der Waals surface area contributed by atoms with E-state index in [4.69, 9.17) is 4.74 Å². The highest BCUT2D eigenvalue weighted by molar-refractivity contribution is 5.96. The number of carbonyl (C=O) groups is 1. The molecule has 2 aliphatic heterocycles. The van der Waals surface area contributed by atoms with Crippen molar-refractivity contribution >= 4 is 17.3 Å². The molecule has 1 amide bonds. The summed E-state index contributed by atoms with van der Waals surface area (Å²) in [7, 11) is 0. The summed E-state index contributed by atoms with van der Waals surface area (Å²) in [6.45, 7) is 4.30. The number of morpholine rings is 1. The second-order valence-corrected chi connectivity index (χ2v) is 4.70. The maximum absolute atomic E-state index is 11.8. The predicted octanol–water partition coefficient (Wildman–Crippen LogP) is 1.54. The van der Waals surface area contributed by atoms with Gasteiger partial charge in [-0.15, -0.1) is 0 Å². The van der Waals surface area contributed by atoms with Crippen molar-refractivity contribution in [2.24, 2.45) is 0 Å². The van der Waals surface area contributed by atoms with Crippen LogP contribution in [0.2, 0.25) is 0 Å². The van der Waals surface area contributed by atoms with Crippen LogP contribution in [0.1, 0.15) is 12.0 Å². The van der Waals surface area contributed by atoms with Crippen molar-refractivity contribution < 1.29 is 9.53 Å². The molecule has 0 radical (unpaired) electrons. The number of nitrogens with zero attached hydrogens (tertiary/aromatic N) is 1. The van der Waals surface area contributed by atoms with Gasteiger partial charge in [0.2, 0.25) is 5.91 Å². The fraction of sp³-hybridized carbons (Fsp3) is 0.462. The van der Waals surface area contributed by atoms with Gasteiger partial charge in [0.1, 0.15) is 0 Å². The maximum atomic E-state index is 11.8. The van der Waals surface area contributed by atoms with Crippen LogP contribution in [0.15, 0.2) is 18.2 Å². The highest BCUT2D eigenvalue weighted by atomic mass is 16.5. The molecule has 0 aromatic heterocycles. The molecule has 1 saturated heterocycles. The summed E-state index contributed by atoms with van der Waals surface area (Å²) in [5, 5.41) is 2.97. The molecule has 1 N–H and O–H groups in total. The maximum Gasteiger partial charge on any atom is 0.226 e. The first-order valence-corrected chi connectivity index (χ1v) is 5.99. The summed E-state index contributed by atoms with van der Waals surface area (Å²) >= 11 is 0. The lowest BCUT2D eigenvalue weighted by Crippen LogP contribution is -2.45. The minimum absolute atomic E-state index is 0.0769. The van der Waals surface area contributed by atoms with Crippen LogP contribution >= 0.6 is 0 Å². The van der Waals surface area contributed by atoms with E-state index in [0.29, 0.717) is 13.0 Å². The number of nitrogens with one attached hydrogen (secondary N) is 1. The first kappa shape index (κ1) is 10.6. The Morgan fingerprint density at radius 1 is 1.47 bits per heavy atom. The topological polar surface area (TPSA) is 41.6 Å². The molecular weight excluding hydrogens is 216 g/mol. The van der Waals surface area contributed by atoms with E-state index in [2.05, 4.69) is 23.2 Å². The number of aryl methyl sites for hydroxylation is 1. The largest absolute Gasteiger partial charge is 0.377 e. The summed E-state index contributed by atoms with van der Waals surface area (Å²) in [6.07, 6.45) is 0.508. The first-order valence-electron chi connectivity index (χ1n) is 5.99. The van der Waals surface area contributed by atoms with Gasteiger partial charge >= 0.3 is 0 Å². The average molecular weight is 232 g/mol. The normalized spacial score (nSPS) is 23.5. The Kier molecular flexibility index (Phi) is 2.52. The zero-order valence-corrected chi connectivity index (χ0v) is 9.90. The molecule has 0 bridgehead atoms. The number of hydrogen-bond acceptors (Lipinski definition) is 3. The van der Waals surface area contributed by atoms with Crippen LogP contribution < -0.4 is 10.2 Å². The van der Waals surface area contributed by atoms with Gasteiger partial charge in [0, 0.05) is 13.0 Å². The zero-order valence-electron chi connectivity index (χ0n) is 9.90. The quantitative estimate of drug-likeness (QED) is 0.737. The third kappa shape index (κ3) is 1.89. The van der Waals surface area contributed by atoms with Gasteiger partial charge in [-0.2, -0.15) is 0 Å². The first-order chi connectivity index (χ1) is 8.24.